The van der Waals surface area contributed by atoms with E-state index >= 15 is 0 Å². The largest absolute Gasteiger partial charge is 0.494 e. The van der Waals surface area contributed by atoms with Gasteiger partial charge in [0.05, 0.1) is 18.8 Å². The number of ether oxygens (including phenoxy) is 3. The molecule has 284 valence electrons. The molecule has 0 aliphatic carbocycles. The van der Waals surface area contributed by atoms with E-state index in [2.05, 4.69) is 22.9 Å². The summed E-state index contributed by atoms with van der Waals surface area (Å²) in [5, 5.41) is 17.1. The van der Waals surface area contributed by atoms with Gasteiger partial charge in [-0.15, -0.1) is 0 Å². The summed E-state index contributed by atoms with van der Waals surface area (Å²) in [6.07, 6.45) is 5.70. The number of carboxylic acids is 1. The zero-order valence-corrected chi connectivity index (χ0v) is 30.5. The minimum absolute atomic E-state index is 0.00925. The predicted octanol–water partition coefficient (Wildman–Crippen LogP) is 6.34. The van der Waals surface area contributed by atoms with Crippen LogP contribution in [0.25, 0.3) is 0 Å². The predicted molar refractivity (Wildman–Crippen MR) is 203 cm³/mol. The zero-order chi connectivity index (χ0) is 38.7. The Balaban J connectivity index is 1.31. The van der Waals surface area contributed by atoms with Gasteiger partial charge in [0.15, 0.2) is 0 Å². The molecule has 0 fully saturated rings. The molecular formula is C42H47N3O9. The van der Waals surface area contributed by atoms with Gasteiger partial charge in [0.25, 0.3) is 5.91 Å². The fourth-order valence-electron chi connectivity index (χ4n) is 5.24. The average molecular weight is 738 g/mol. The molecule has 0 saturated heterocycles. The second kappa shape index (κ2) is 21.5. The molecule has 54 heavy (non-hydrogen) atoms. The molecule has 0 saturated carbocycles. The number of hydrogen-bond donors (Lipinski definition) is 4. The van der Waals surface area contributed by atoms with E-state index in [-0.39, 0.29) is 36.9 Å². The molecular weight excluding hydrogens is 690 g/mol. The van der Waals surface area contributed by atoms with Crippen molar-refractivity contribution in [2.75, 3.05) is 18.5 Å². The number of aliphatic carboxylic acids is 1. The van der Waals surface area contributed by atoms with E-state index in [0.717, 1.165) is 18.4 Å². The van der Waals surface area contributed by atoms with Crippen LogP contribution in [-0.4, -0.2) is 60.1 Å². The van der Waals surface area contributed by atoms with Crippen molar-refractivity contribution in [2.45, 2.75) is 71.1 Å². The summed E-state index contributed by atoms with van der Waals surface area (Å²) in [5.41, 5.74) is 2.56. The van der Waals surface area contributed by atoms with Gasteiger partial charge in [-0.25, -0.2) is 4.79 Å². The molecule has 12 nitrogen and oxygen atoms in total. The lowest BCUT2D eigenvalue weighted by molar-refractivity contribution is -0.141. The van der Waals surface area contributed by atoms with Gasteiger partial charge in [-0.05, 0) is 85.1 Å². The van der Waals surface area contributed by atoms with E-state index in [0.29, 0.717) is 29.2 Å². The Labute approximate surface area is 315 Å². The maximum atomic E-state index is 13.2. The Morgan fingerprint density at radius 1 is 0.704 bits per heavy atom. The fraction of sp³-hybridized carbons (Fsp3) is 0.310. The smallest absolute Gasteiger partial charge is 0.343 e. The van der Waals surface area contributed by atoms with Gasteiger partial charge in [0.2, 0.25) is 11.8 Å². The summed E-state index contributed by atoms with van der Waals surface area (Å²) in [6.45, 7) is 4.24. The number of carbonyl (C=O) groups is 5. The molecule has 0 aliphatic rings. The van der Waals surface area contributed by atoms with Crippen LogP contribution in [0.15, 0.2) is 103 Å². The first-order valence-electron chi connectivity index (χ1n) is 18.0. The lowest BCUT2D eigenvalue weighted by atomic mass is 10.0. The maximum Gasteiger partial charge on any atom is 0.343 e. The van der Waals surface area contributed by atoms with Gasteiger partial charge in [-0.3, -0.25) is 19.2 Å². The number of unbranched alkanes of at least 4 members (excludes halogenated alkanes) is 4. The summed E-state index contributed by atoms with van der Waals surface area (Å²) in [7, 11) is 0. The Morgan fingerprint density at radius 3 is 2.02 bits per heavy atom. The molecule has 12 heteroatoms. The highest BCUT2D eigenvalue weighted by atomic mass is 16.5. The fourth-order valence-corrected chi connectivity index (χ4v) is 5.24. The van der Waals surface area contributed by atoms with E-state index in [1.807, 2.05) is 30.3 Å². The van der Waals surface area contributed by atoms with Gasteiger partial charge in [-0.1, -0.05) is 75.1 Å². The first-order valence-corrected chi connectivity index (χ1v) is 18.0. The first kappa shape index (κ1) is 40.8. The number of rotatable bonds is 21. The van der Waals surface area contributed by atoms with Gasteiger partial charge in [-0.2, -0.15) is 0 Å². The molecule has 3 amide bonds. The highest BCUT2D eigenvalue weighted by molar-refractivity contribution is 5.99. The number of benzene rings is 4. The zero-order valence-electron chi connectivity index (χ0n) is 30.5. The minimum atomic E-state index is -1.23. The lowest BCUT2D eigenvalue weighted by Crippen LogP contribution is -2.51. The normalized spacial score (nSPS) is 11.8. The van der Waals surface area contributed by atoms with Crippen molar-refractivity contribution in [2.24, 2.45) is 0 Å². The molecule has 4 rings (SSSR count). The van der Waals surface area contributed by atoms with E-state index in [1.165, 1.54) is 38.3 Å². The number of esters is 1. The molecule has 0 heterocycles. The number of anilines is 1. The molecule has 4 N–H and O–H groups in total. The highest BCUT2D eigenvalue weighted by Crippen LogP contribution is 2.19. The number of carbonyl (C=O) groups excluding carboxylic acids is 4. The van der Waals surface area contributed by atoms with E-state index in [1.54, 1.807) is 60.7 Å². The molecule has 4 aromatic carbocycles. The summed E-state index contributed by atoms with van der Waals surface area (Å²) in [6, 6.07) is 26.3. The molecule has 4 aromatic rings. The standard InChI is InChI=1S/C42H47N3O9/c1-3-4-5-6-10-25-53-35-23-17-33(18-24-35)42(51)54-36-21-13-30(14-22-36)26-37(40(48)43-29(2)41(49)50)45-39(47)32-15-19-34(20-16-32)44-38(46)28-52-27-31-11-8-7-9-12-31/h7-9,11-24,29,37H,3-6,10,25-28H2,1-2H3,(H,43,48)(H,44,46)(H,45,47)(H,49,50). The van der Waals surface area contributed by atoms with E-state index in [9.17, 15) is 29.1 Å². The lowest BCUT2D eigenvalue weighted by Gasteiger charge is -2.20. The summed E-state index contributed by atoms with van der Waals surface area (Å²) >= 11 is 0. The van der Waals surface area contributed by atoms with E-state index < -0.39 is 35.8 Å². The number of amides is 3. The molecule has 0 spiro atoms. The van der Waals surface area contributed by atoms with Crippen LogP contribution in [0.3, 0.4) is 0 Å². The van der Waals surface area contributed by atoms with Crippen molar-refractivity contribution in [3.05, 3.63) is 125 Å². The SMILES string of the molecule is CCCCCCCOc1ccc(C(=O)Oc2ccc(CC(NC(=O)c3ccc(NC(=O)COCc4ccccc4)cc3)C(=O)NC(C)C(=O)O)cc2)cc1. The second-order valence-electron chi connectivity index (χ2n) is 12.7. The Morgan fingerprint density at radius 2 is 1.35 bits per heavy atom. The van der Waals surface area contributed by atoms with Crippen LogP contribution >= 0.6 is 0 Å². The number of hydrogen-bond acceptors (Lipinski definition) is 8. The van der Waals surface area contributed by atoms with Gasteiger partial charge in [0, 0.05) is 17.7 Å². The third kappa shape index (κ3) is 13.8. The topological polar surface area (TPSA) is 169 Å². The van der Waals surface area contributed by atoms with Crippen molar-refractivity contribution in [3.63, 3.8) is 0 Å². The number of carboxylic acid groups (broad SMARTS) is 1. The van der Waals surface area contributed by atoms with Crippen molar-refractivity contribution in [1.82, 2.24) is 10.6 Å². The Hall–Kier alpha value is -6.01. The third-order valence-corrected chi connectivity index (χ3v) is 8.31. The van der Waals surface area contributed by atoms with Crippen LogP contribution in [0.4, 0.5) is 5.69 Å². The number of nitrogens with one attached hydrogen (secondary N) is 3. The van der Waals surface area contributed by atoms with Crippen LogP contribution in [0.5, 0.6) is 11.5 Å². The van der Waals surface area contributed by atoms with Crippen molar-refractivity contribution in [3.8, 4) is 11.5 Å². The molecule has 0 aromatic heterocycles. The molecule has 0 aliphatic heterocycles. The van der Waals surface area contributed by atoms with Crippen LogP contribution in [0.2, 0.25) is 0 Å². The van der Waals surface area contributed by atoms with Crippen molar-refractivity contribution < 1.29 is 43.3 Å². The van der Waals surface area contributed by atoms with Crippen LogP contribution < -0.4 is 25.4 Å². The Bertz CT molecular complexity index is 1810. The average Bonchev–Trinajstić information content (AvgIpc) is 3.17. The van der Waals surface area contributed by atoms with Gasteiger partial charge in [0.1, 0.15) is 30.2 Å². The molecule has 0 radical (unpaired) electrons. The van der Waals surface area contributed by atoms with Crippen molar-refractivity contribution in [1.29, 1.82) is 0 Å². The molecule has 2 atom stereocenters. The van der Waals surface area contributed by atoms with E-state index in [4.69, 9.17) is 14.2 Å². The van der Waals surface area contributed by atoms with Crippen LogP contribution in [0.1, 0.15) is 77.8 Å². The molecule has 2 unspecified atom stereocenters. The monoisotopic (exact) mass is 737 g/mol. The van der Waals surface area contributed by atoms with Gasteiger partial charge >= 0.3 is 11.9 Å². The summed E-state index contributed by atoms with van der Waals surface area (Å²) in [5.74, 6) is -2.48. The Kier molecular flexibility index (Phi) is 16.2. The van der Waals surface area contributed by atoms with Crippen LogP contribution in [0, 0.1) is 0 Å². The van der Waals surface area contributed by atoms with Gasteiger partial charge < -0.3 is 35.3 Å². The third-order valence-electron chi connectivity index (χ3n) is 8.31. The highest BCUT2D eigenvalue weighted by Gasteiger charge is 2.25. The summed E-state index contributed by atoms with van der Waals surface area (Å²) in [4.78, 5) is 62.9. The minimum Gasteiger partial charge on any atom is -0.494 e. The first-order chi connectivity index (χ1) is 26.1. The second-order valence-corrected chi connectivity index (χ2v) is 12.7. The van der Waals surface area contributed by atoms with Crippen LogP contribution in [-0.2, 0) is 32.1 Å². The molecule has 0 bridgehead atoms. The maximum absolute atomic E-state index is 13.2. The van der Waals surface area contributed by atoms with Crippen molar-refractivity contribution >= 4 is 35.3 Å². The quantitative estimate of drug-likeness (QED) is 0.0433. The summed E-state index contributed by atoms with van der Waals surface area (Å²) < 4.78 is 16.8.